The van der Waals surface area contributed by atoms with Crippen LogP contribution >= 0.6 is 0 Å². The number of allylic oxidation sites excluding steroid dienone is 2. The van der Waals surface area contributed by atoms with Gasteiger partial charge in [0.05, 0.1) is 0 Å². The molecular formula is C16H31LiO2. The minimum absolute atomic E-state index is 0. The standard InChI is InChI=1S/C16H30O2.Li.H/c1-2-3-4-5-6-7-8-9-10-11-12-13-14-15-16(17)18;;/h7-8H,2-6,9-15H2,1H3,(H,17,18);;. The van der Waals surface area contributed by atoms with E-state index in [-0.39, 0.29) is 18.9 Å². The molecule has 0 fully saturated rings. The van der Waals surface area contributed by atoms with Crippen molar-refractivity contribution >= 4 is 24.8 Å². The third-order valence-electron chi connectivity index (χ3n) is 3.15. The second kappa shape index (κ2) is 17.8. The first kappa shape index (κ1) is 21.1. The van der Waals surface area contributed by atoms with Crippen LogP contribution in [0, 0.1) is 0 Å². The maximum atomic E-state index is 10.3. The topological polar surface area (TPSA) is 37.3 Å². The Kier molecular flexibility index (Phi) is 19.8. The molecule has 0 aliphatic heterocycles. The van der Waals surface area contributed by atoms with E-state index in [1.165, 1.54) is 57.8 Å². The molecule has 1 N–H and O–H groups in total. The molecule has 0 aromatic carbocycles. The van der Waals surface area contributed by atoms with Gasteiger partial charge in [-0.1, -0.05) is 57.6 Å². The van der Waals surface area contributed by atoms with Gasteiger partial charge in [-0.15, -0.1) is 0 Å². The second-order valence-electron chi connectivity index (χ2n) is 5.02. The Balaban J connectivity index is 0. The summed E-state index contributed by atoms with van der Waals surface area (Å²) >= 11 is 0. The van der Waals surface area contributed by atoms with Crippen LogP contribution < -0.4 is 0 Å². The van der Waals surface area contributed by atoms with Gasteiger partial charge in [0.2, 0.25) is 0 Å². The number of rotatable bonds is 13. The van der Waals surface area contributed by atoms with Crippen molar-refractivity contribution in [2.45, 2.75) is 84.0 Å². The quantitative estimate of drug-likeness (QED) is 0.297. The zero-order valence-electron chi connectivity index (χ0n) is 12.0. The van der Waals surface area contributed by atoms with E-state index in [1.807, 2.05) is 0 Å². The predicted octanol–water partition coefficient (Wildman–Crippen LogP) is 4.68. The normalized spacial score (nSPS) is 10.6. The minimum atomic E-state index is -0.666. The van der Waals surface area contributed by atoms with Crippen LogP contribution in [0.2, 0.25) is 0 Å². The average molecular weight is 262 g/mol. The third kappa shape index (κ3) is 20.3. The van der Waals surface area contributed by atoms with E-state index in [4.69, 9.17) is 5.11 Å². The first-order valence-corrected chi connectivity index (χ1v) is 7.64. The molecule has 19 heavy (non-hydrogen) atoms. The van der Waals surface area contributed by atoms with Crippen LogP contribution in [0.25, 0.3) is 0 Å². The fourth-order valence-electron chi connectivity index (χ4n) is 1.99. The van der Waals surface area contributed by atoms with Crippen LogP contribution in [0.1, 0.15) is 84.0 Å². The Morgan fingerprint density at radius 1 is 0.842 bits per heavy atom. The van der Waals surface area contributed by atoms with Gasteiger partial charge in [-0.05, 0) is 32.1 Å². The van der Waals surface area contributed by atoms with E-state index >= 15 is 0 Å². The Hall–Kier alpha value is -0.193. The molecule has 0 rings (SSSR count). The molecule has 3 heteroatoms. The first-order chi connectivity index (χ1) is 8.77. The van der Waals surface area contributed by atoms with Gasteiger partial charge in [-0.2, -0.15) is 0 Å². The number of carboxylic acids is 1. The zero-order chi connectivity index (χ0) is 13.5. The van der Waals surface area contributed by atoms with Gasteiger partial charge in [0.1, 0.15) is 0 Å². The predicted molar refractivity (Wildman–Crippen MR) is 85.0 cm³/mol. The Morgan fingerprint density at radius 2 is 1.32 bits per heavy atom. The van der Waals surface area contributed by atoms with Crippen molar-refractivity contribution < 1.29 is 9.90 Å². The maximum absolute atomic E-state index is 10.3. The summed E-state index contributed by atoms with van der Waals surface area (Å²) in [5.41, 5.74) is 0. The number of unbranched alkanes of at least 4 members (excludes halogenated alkanes) is 9. The summed E-state index contributed by atoms with van der Waals surface area (Å²) in [6.45, 7) is 2.24. The van der Waals surface area contributed by atoms with Crippen molar-refractivity contribution in [3.05, 3.63) is 12.2 Å². The van der Waals surface area contributed by atoms with Crippen molar-refractivity contribution in [2.24, 2.45) is 0 Å². The molecule has 0 atom stereocenters. The molecule has 0 spiro atoms. The summed E-state index contributed by atoms with van der Waals surface area (Å²) in [5.74, 6) is -0.666. The van der Waals surface area contributed by atoms with E-state index in [2.05, 4.69) is 19.1 Å². The van der Waals surface area contributed by atoms with Crippen LogP contribution in [0.15, 0.2) is 12.2 Å². The number of aliphatic carboxylic acids is 1. The van der Waals surface area contributed by atoms with Crippen molar-refractivity contribution in [1.29, 1.82) is 0 Å². The van der Waals surface area contributed by atoms with E-state index < -0.39 is 5.97 Å². The van der Waals surface area contributed by atoms with E-state index in [0.717, 1.165) is 12.8 Å². The van der Waals surface area contributed by atoms with Gasteiger partial charge in [0.15, 0.2) is 0 Å². The molecule has 0 amide bonds. The molecule has 0 radical (unpaired) electrons. The van der Waals surface area contributed by atoms with Gasteiger partial charge in [-0.3, -0.25) is 4.79 Å². The fraction of sp³-hybridized carbons (Fsp3) is 0.812. The van der Waals surface area contributed by atoms with Gasteiger partial charge >= 0.3 is 24.8 Å². The Labute approximate surface area is 131 Å². The summed E-state index contributed by atoms with van der Waals surface area (Å²) in [5, 5.41) is 8.48. The molecule has 0 heterocycles. The second-order valence-corrected chi connectivity index (χ2v) is 5.02. The zero-order valence-corrected chi connectivity index (χ0v) is 12.0. The monoisotopic (exact) mass is 262 g/mol. The van der Waals surface area contributed by atoms with Crippen molar-refractivity contribution in [2.75, 3.05) is 0 Å². The molecular weight excluding hydrogens is 231 g/mol. The average Bonchev–Trinajstić information content (AvgIpc) is 2.34. The molecule has 0 aromatic heterocycles. The van der Waals surface area contributed by atoms with Gasteiger partial charge < -0.3 is 5.11 Å². The Morgan fingerprint density at radius 3 is 1.84 bits per heavy atom. The Bertz CT molecular complexity index is 215. The number of hydrogen-bond acceptors (Lipinski definition) is 1. The summed E-state index contributed by atoms with van der Waals surface area (Å²) < 4.78 is 0. The molecule has 108 valence electrons. The first-order valence-electron chi connectivity index (χ1n) is 7.64. The number of carboxylic acid groups (broad SMARTS) is 1. The molecule has 0 saturated heterocycles. The molecule has 0 aliphatic carbocycles. The molecule has 0 aliphatic rings. The van der Waals surface area contributed by atoms with Crippen LogP contribution in [0.4, 0.5) is 0 Å². The van der Waals surface area contributed by atoms with E-state index in [1.54, 1.807) is 0 Å². The van der Waals surface area contributed by atoms with Crippen molar-refractivity contribution in [3.63, 3.8) is 0 Å². The van der Waals surface area contributed by atoms with E-state index in [9.17, 15) is 4.79 Å². The van der Waals surface area contributed by atoms with Crippen LogP contribution in [-0.2, 0) is 4.79 Å². The summed E-state index contributed by atoms with van der Waals surface area (Å²) in [6.07, 6.45) is 18.3. The summed E-state index contributed by atoms with van der Waals surface area (Å²) in [6, 6.07) is 0. The SMILES string of the molecule is CCCCCCC=CCCCCCCCC(=O)O.[LiH]. The summed E-state index contributed by atoms with van der Waals surface area (Å²) in [7, 11) is 0. The third-order valence-corrected chi connectivity index (χ3v) is 3.15. The molecule has 2 nitrogen and oxygen atoms in total. The molecule has 0 saturated carbocycles. The van der Waals surface area contributed by atoms with Gasteiger partial charge in [0.25, 0.3) is 0 Å². The van der Waals surface area contributed by atoms with Crippen LogP contribution in [-0.4, -0.2) is 29.9 Å². The number of hydrogen-bond donors (Lipinski definition) is 1. The van der Waals surface area contributed by atoms with Crippen molar-refractivity contribution in [3.8, 4) is 0 Å². The summed E-state index contributed by atoms with van der Waals surface area (Å²) in [4.78, 5) is 10.3. The molecule has 0 aromatic rings. The van der Waals surface area contributed by atoms with E-state index in [0.29, 0.717) is 6.42 Å². The van der Waals surface area contributed by atoms with Crippen molar-refractivity contribution in [1.82, 2.24) is 0 Å². The fourth-order valence-corrected chi connectivity index (χ4v) is 1.99. The van der Waals surface area contributed by atoms with Gasteiger partial charge in [0, 0.05) is 6.42 Å². The van der Waals surface area contributed by atoms with Gasteiger partial charge in [-0.25, -0.2) is 0 Å². The molecule has 0 bridgehead atoms. The molecule has 0 unspecified atom stereocenters. The number of carbonyl (C=O) groups is 1. The van der Waals surface area contributed by atoms with Crippen LogP contribution in [0.3, 0.4) is 0 Å². The van der Waals surface area contributed by atoms with Crippen LogP contribution in [0.5, 0.6) is 0 Å².